The Morgan fingerprint density at radius 2 is 1.95 bits per heavy atom. The number of unbranched alkanes of at least 4 members (excludes halogenated alkanes) is 1. The molecule has 0 N–H and O–H groups in total. The lowest BCUT2D eigenvalue weighted by atomic mass is 10.2. The predicted octanol–water partition coefficient (Wildman–Crippen LogP) is 2.92. The van der Waals surface area contributed by atoms with Gasteiger partial charge in [-0.15, -0.1) is 10.2 Å². The van der Waals surface area contributed by atoms with Crippen LogP contribution in [0.2, 0.25) is 0 Å². The van der Waals surface area contributed by atoms with Crippen molar-refractivity contribution < 1.29 is 9.53 Å². The van der Waals surface area contributed by atoms with Gasteiger partial charge >= 0.3 is 5.97 Å². The number of rotatable bonds is 6. The highest BCUT2D eigenvalue weighted by Gasteiger charge is 2.20. The van der Waals surface area contributed by atoms with Gasteiger partial charge in [0.2, 0.25) is 5.82 Å². The molecule has 20 heavy (non-hydrogen) atoms. The van der Waals surface area contributed by atoms with Gasteiger partial charge in [0.1, 0.15) is 0 Å². The van der Waals surface area contributed by atoms with Gasteiger partial charge in [-0.3, -0.25) is 0 Å². The van der Waals surface area contributed by atoms with Gasteiger partial charge in [-0.1, -0.05) is 43.7 Å². The van der Waals surface area contributed by atoms with Crippen LogP contribution in [0.15, 0.2) is 30.3 Å². The normalized spacial score (nSPS) is 10.5. The number of carbonyl (C=O) groups is 1. The van der Waals surface area contributed by atoms with Crippen LogP contribution in [0.25, 0.3) is 11.4 Å². The van der Waals surface area contributed by atoms with E-state index in [9.17, 15) is 4.79 Å². The quantitative estimate of drug-likeness (QED) is 0.759. The smallest absolute Gasteiger partial charge is 0.376 e. The maximum atomic E-state index is 11.9. The average Bonchev–Trinajstić information content (AvgIpc) is 2.90. The molecule has 0 aliphatic carbocycles. The van der Waals surface area contributed by atoms with Crippen molar-refractivity contribution in [2.24, 2.45) is 0 Å². The van der Waals surface area contributed by atoms with Crippen molar-refractivity contribution in [3.63, 3.8) is 0 Å². The number of ether oxygens (including phenoxy) is 1. The van der Waals surface area contributed by atoms with Gasteiger partial charge in [0, 0.05) is 12.1 Å². The third-order valence-electron chi connectivity index (χ3n) is 2.98. The zero-order valence-corrected chi connectivity index (χ0v) is 11.9. The Bertz CT molecular complexity index is 564. The van der Waals surface area contributed by atoms with Crippen molar-refractivity contribution in [2.45, 2.75) is 33.2 Å². The molecule has 1 aromatic carbocycles. The summed E-state index contributed by atoms with van der Waals surface area (Å²) in [5, 5.41) is 8.16. The molecule has 2 rings (SSSR count). The Morgan fingerprint density at radius 3 is 2.60 bits per heavy atom. The SMILES string of the molecule is CCCCn1c(C(=O)OCC)nnc1-c1ccccc1. The van der Waals surface area contributed by atoms with Gasteiger partial charge in [0.25, 0.3) is 0 Å². The van der Waals surface area contributed by atoms with Crippen molar-refractivity contribution in [1.82, 2.24) is 14.8 Å². The summed E-state index contributed by atoms with van der Waals surface area (Å²) in [6.07, 6.45) is 2.00. The molecule has 106 valence electrons. The fraction of sp³-hybridized carbons (Fsp3) is 0.400. The lowest BCUT2D eigenvalue weighted by Gasteiger charge is -2.09. The van der Waals surface area contributed by atoms with Crippen LogP contribution in [0.5, 0.6) is 0 Å². The van der Waals surface area contributed by atoms with Crippen LogP contribution in [-0.2, 0) is 11.3 Å². The van der Waals surface area contributed by atoms with E-state index in [2.05, 4.69) is 17.1 Å². The fourth-order valence-corrected chi connectivity index (χ4v) is 1.98. The monoisotopic (exact) mass is 273 g/mol. The van der Waals surface area contributed by atoms with Crippen LogP contribution in [0.4, 0.5) is 0 Å². The lowest BCUT2D eigenvalue weighted by Crippen LogP contribution is -2.14. The standard InChI is InChI=1S/C15H19N3O2/c1-3-5-11-18-13(12-9-7-6-8-10-12)16-17-14(18)15(19)20-4-2/h6-10H,3-5,11H2,1-2H3. The number of benzene rings is 1. The first kappa shape index (κ1) is 14.2. The van der Waals surface area contributed by atoms with Gasteiger partial charge < -0.3 is 9.30 Å². The molecule has 0 unspecified atom stereocenters. The Morgan fingerprint density at radius 1 is 1.20 bits per heavy atom. The Hall–Kier alpha value is -2.17. The van der Waals surface area contributed by atoms with E-state index >= 15 is 0 Å². The molecule has 0 atom stereocenters. The molecule has 1 aromatic heterocycles. The van der Waals surface area contributed by atoms with E-state index in [1.165, 1.54) is 0 Å². The summed E-state index contributed by atoms with van der Waals surface area (Å²) < 4.78 is 6.88. The van der Waals surface area contributed by atoms with Crippen molar-refractivity contribution in [1.29, 1.82) is 0 Å². The molecular weight excluding hydrogens is 254 g/mol. The van der Waals surface area contributed by atoms with Crippen LogP contribution in [-0.4, -0.2) is 27.3 Å². The number of carbonyl (C=O) groups excluding carboxylic acids is 1. The van der Waals surface area contributed by atoms with Crippen LogP contribution in [0, 0.1) is 0 Å². The molecule has 2 aromatic rings. The molecule has 0 aliphatic rings. The maximum absolute atomic E-state index is 11.9. The maximum Gasteiger partial charge on any atom is 0.376 e. The topological polar surface area (TPSA) is 57.0 Å². The van der Waals surface area contributed by atoms with Crippen molar-refractivity contribution in [2.75, 3.05) is 6.61 Å². The second-order valence-corrected chi connectivity index (χ2v) is 4.44. The molecule has 0 amide bonds. The number of esters is 1. The molecule has 1 heterocycles. The van der Waals surface area contributed by atoms with Crippen molar-refractivity contribution in [3.05, 3.63) is 36.2 Å². The number of hydrogen-bond donors (Lipinski definition) is 0. The minimum atomic E-state index is -0.418. The molecule has 0 aliphatic heterocycles. The number of aromatic nitrogens is 3. The molecule has 5 nitrogen and oxygen atoms in total. The molecule has 0 bridgehead atoms. The molecule has 0 radical (unpaired) electrons. The van der Waals surface area contributed by atoms with Crippen molar-refractivity contribution >= 4 is 5.97 Å². The van der Waals surface area contributed by atoms with E-state index in [0.717, 1.165) is 18.4 Å². The Kier molecular flexibility index (Phi) is 4.87. The Balaban J connectivity index is 2.39. The highest BCUT2D eigenvalue weighted by Crippen LogP contribution is 2.19. The zero-order chi connectivity index (χ0) is 14.4. The predicted molar refractivity (Wildman–Crippen MR) is 76.3 cm³/mol. The molecular formula is C15H19N3O2. The Labute approximate surface area is 118 Å². The van der Waals surface area contributed by atoms with Crippen LogP contribution in [0.1, 0.15) is 37.3 Å². The first-order chi connectivity index (χ1) is 9.77. The third kappa shape index (κ3) is 3.04. The lowest BCUT2D eigenvalue weighted by molar-refractivity contribution is 0.0505. The molecule has 0 saturated carbocycles. The second-order valence-electron chi connectivity index (χ2n) is 4.44. The highest BCUT2D eigenvalue weighted by atomic mass is 16.5. The van der Waals surface area contributed by atoms with Crippen molar-refractivity contribution in [3.8, 4) is 11.4 Å². The largest absolute Gasteiger partial charge is 0.460 e. The van der Waals surface area contributed by atoms with Gasteiger partial charge in [0.15, 0.2) is 5.82 Å². The summed E-state index contributed by atoms with van der Waals surface area (Å²) >= 11 is 0. The first-order valence-corrected chi connectivity index (χ1v) is 6.93. The van der Waals surface area contributed by atoms with E-state index in [1.807, 2.05) is 34.9 Å². The number of nitrogens with zero attached hydrogens (tertiary/aromatic N) is 3. The minimum absolute atomic E-state index is 0.277. The van der Waals surface area contributed by atoms with Crippen LogP contribution >= 0.6 is 0 Å². The van der Waals surface area contributed by atoms with Crippen LogP contribution in [0.3, 0.4) is 0 Å². The van der Waals surface area contributed by atoms with Gasteiger partial charge in [-0.25, -0.2) is 4.79 Å². The minimum Gasteiger partial charge on any atom is -0.460 e. The van der Waals surface area contributed by atoms with E-state index in [4.69, 9.17) is 4.74 Å². The summed E-state index contributed by atoms with van der Waals surface area (Å²) in [6.45, 7) is 4.93. The second kappa shape index (κ2) is 6.84. The summed E-state index contributed by atoms with van der Waals surface area (Å²) in [5.41, 5.74) is 0.951. The van der Waals surface area contributed by atoms with Gasteiger partial charge in [-0.2, -0.15) is 0 Å². The summed E-state index contributed by atoms with van der Waals surface area (Å²) in [7, 11) is 0. The molecule has 5 heteroatoms. The number of hydrogen-bond acceptors (Lipinski definition) is 4. The average molecular weight is 273 g/mol. The van der Waals surface area contributed by atoms with E-state index < -0.39 is 5.97 Å². The first-order valence-electron chi connectivity index (χ1n) is 6.93. The molecule has 0 spiro atoms. The van der Waals surface area contributed by atoms with Gasteiger partial charge in [-0.05, 0) is 13.3 Å². The molecule has 0 saturated heterocycles. The summed E-state index contributed by atoms with van der Waals surface area (Å²) in [4.78, 5) is 11.9. The third-order valence-corrected chi connectivity index (χ3v) is 2.98. The van der Waals surface area contributed by atoms with E-state index in [1.54, 1.807) is 6.92 Å². The van der Waals surface area contributed by atoms with Gasteiger partial charge in [0.05, 0.1) is 6.61 Å². The summed E-state index contributed by atoms with van der Waals surface area (Å²) in [5.74, 6) is 0.569. The molecule has 0 fully saturated rings. The zero-order valence-electron chi connectivity index (χ0n) is 11.9. The fourth-order valence-electron chi connectivity index (χ4n) is 1.98. The summed E-state index contributed by atoms with van der Waals surface area (Å²) in [6, 6.07) is 9.75. The van der Waals surface area contributed by atoms with E-state index in [-0.39, 0.29) is 5.82 Å². The van der Waals surface area contributed by atoms with Crippen LogP contribution < -0.4 is 0 Å². The van der Waals surface area contributed by atoms with E-state index in [0.29, 0.717) is 19.0 Å². The highest BCUT2D eigenvalue weighted by molar-refractivity contribution is 5.86.